The van der Waals surface area contributed by atoms with Crippen LogP contribution >= 0.6 is 0 Å². The molecule has 8 heteroatoms. The van der Waals surface area contributed by atoms with Gasteiger partial charge in [-0.25, -0.2) is 9.59 Å². The molecule has 1 unspecified atom stereocenters. The number of carboxylic acids is 1. The number of carbonyl (C=O) groups excluding carboxylic acids is 1. The minimum atomic E-state index is -4.36. The van der Waals surface area contributed by atoms with Gasteiger partial charge in [-0.15, -0.1) is 0 Å². The molecule has 0 aromatic rings. The molecule has 0 aromatic heterocycles. The van der Waals surface area contributed by atoms with Gasteiger partial charge in [-0.3, -0.25) is 0 Å². The van der Waals surface area contributed by atoms with Crippen LogP contribution in [0.15, 0.2) is 0 Å². The molecule has 0 spiro atoms. The molecule has 0 bridgehead atoms. The van der Waals surface area contributed by atoms with Crippen LogP contribution in [0, 0.1) is 5.41 Å². The Kier molecular flexibility index (Phi) is 5.64. The number of hydrogen-bond acceptors (Lipinski definition) is 2. The molecule has 2 N–H and O–H groups in total. The summed E-state index contributed by atoms with van der Waals surface area (Å²) in [6, 6.07) is -2.01. The highest BCUT2D eigenvalue weighted by atomic mass is 19.4. The third-order valence-corrected chi connectivity index (χ3v) is 2.46. The average Bonchev–Trinajstić information content (AvgIpc) is 2.18. The largest absolute Gasteiger partial charge is 0.480 e. The number of rotatable bonds is 4. The average molecular weight is 284 g/mol. The van der Waals surface area contributed by atoms with E-state index in [0.29, 0.717) is 0 Å². The summed E-state index contributed by atoms with van der Waals surface area (Å²) in [7, 11) is 1.18. The lowest BCUT2D eigenvalue weighted by molar-refractivity contribution is -0.142. The summed E-state index contributed by atoms with van der Waals surface area (Å²) in [6.45, 7) is 4.32. The zero-order valence-electron chi connectivity index (χ0n) is 11.3. The van der Waals surface area contributed by atoms with Crippen LogP contribution in [0.4, 0.5) is 18.0 Å². The monoisotopic (exact) mass is 284 g/mol. The van der Waals surface area contributed by atoms with Gasteiger partial charge in [0.1, 0.15) is 6.04 Å². The fraction of sp³-hybridized carbons (Fsp3) is 0.818. The highest BCUT2D eigenvalue weighted by Gasteiger charge is 2.34. The molecule has 0 fully saturated rings. The lowest BCUT2D eigenvalue weighted by Gasteiger charge is -2.29. The number of carbonyl (C=O) groups is 2. The Balaban J connectivity index is 4.54. The second-order valence-corrected chi connectivity index (χ2v) is 5.37. The molecular weight excluding hydrogens is 265 g/mol. The number of carboxylic acid groups (broad SMARTS) is 1. The number of hydrogen-bond donors (Lipinski definition) is 2. The molecule has 0 aromatic carbocycles. The summed E-state index contributed by atoms with van der Waals surface area (Å²) in [5, 5.41) is 11.2. The van der Waals surface area contributed by atoms with E-state index in [9.17, 15) is 22.8 Å². The van der Waals surface area contributed by atoms with Crippen molar-refractivity contribution in [2.45, 2.75) is 39.4 Å². The first-order valence-electron chi connectivity index (χ1n) is 5.66. The van der Waals surface area contributed by atoms with Gasteiger partial charge in [0.05, 0.1) is 6.42 Å². The lowest BCUT2D eigenvalue weighted by Crippen LogP contribution is -2.52. The Morgan fingerprint density at radius 2 is 1.74 bits per heavy atom. The number of halogens is 3. The number of nitrogens with zero attached hydrogens (tertiary/aromatic N) is 1. The topological polar surface area (TPSA) is 69.6 Å². The Hall–Kier alpha value is -1.47. The quantitative estimate of drug-likeness (QED) is 0.830. The van der Waals surface area contributed by atoms with Crippen LogP contribution in [-0.2, 0) is 4.79 Å². The van der Waals surface area contributed by atoms with Gasteiger partial charge in [0.2, 0.25) is 0 Å². The van der Waals surface area contributed by atoms with Gasteiger partial charge < -0.3 is 15.3 Å². The maximum atomic E-state index is 12.0. The maximum absolute atomic E-state index is 12.0. The summed E-state index contributed by atoms with van der Waals surface area (Å²) in [4.78, 5) is 23.4. The van der Waals surface area contributed by atoms with Gasteiger partial charge in [0.25, 0.3) is 0 Å². The van der Waals surface area contributed by atoms with Crippen LogP contribution < -0.4 is 5.32 Å². The first kappa shape index (κ1) is 17.5. The van der Waals surface area contributed by atoms with Crippen LogP contribution in [0.25, 0.3) is 0 Å². The molecule has 1 atom stereocenters. The second kappa shape index (κ2) is 6.12. The minimum absolute atomic E-state index is 0.522. The molecule has 0 saturated carbocycles. The summed E-state index contributed by atoms with van der Waals surface area (Å²) in [5.74, 6) is -1.23. The van der Waals surface area contributed by atoms with Crippen molar-refractivity contribution in [3.63, 3.8) is 0 Å². The second-order valence-electron chi connectivity index (χ2n) is 5.37. The smallest absolute Gasteiger partial charge is 0.390 e. The van der Waals surface area contributed by atoms with E-state index in [4.69, 9.17) is 5.11 Å². The van der Waals surface area contributed by atoms with Gasteiger partial charge in [0, 0.05) is 13.6 Å². The first-order chi connectivity index (χ1) is 8.34. The molecule has 19 heavy (non-hydrogen) atoms. The number of alkyl halides is 3. The number of nitrogens with one attached hydrogen (secondary N) is 1. The fourth-order valence-electron chi connectivity index (χ4n) is 1.28. The van der Waals surface area contributed by atoms with Crippen LogP contribution in [0.3, 0.4) is 0 Å². The van der Waals surface area contributed by atoms with Crippen molar-refractivity contribution in [1.29, 1.82) is 0 Å². The van der Waals surface area contributed by atoms with Crippen molar-refractivity contribution >= 4 is 12.0 Å². The van der Waals surface area contributed by atoms with Gasteiger partial charge in [-0.05, 0) is 5.41 Å². The Bertz CT molecular complexity index is 337. The third-order valence-electron chi connectivity index (χ3n) is 2.46. The molecule has 0 radical (unpaired) electrons. The van der Waals surface area contributed by atoms with Crippen molar-refractivity contribution in [3.05, 3.63) is 0 Å². The zero-order valence-corrected chi connectivity index (χ0v) is 11.3. The van der Waals surface area contributed by atoms with E-state index in [1.165, 1.54) is 7.05 Å². The number of urea groups is 1. The highest BCUT2D eigenvalue weighted by Crippen LogP contribution is 2.21. The Morgan fingerprint density at radius 1 is 1.26 bits per heavy atom. The van der Waals surface area contributed by atoms with E-state index < -0.39 is 42.6 Å². The molecule has 5 nitrogen and oxygen atoms in total. The minimum Gasteiger partial charge on any atom is -0.480 e. The van der Waals surface area contributed by atoms with E-state index in [1.807, 2.05) is 0 Å². The van der Waals surface area contributed by atoms with E-state index in [0.717, 1.165) is 4.90 Å². The molecule has 2 amide bonds. The standard InChI is InChI=1S/C11H19F3N2O3/c1-10(2,3)7(8(17)18)15-9(19)16(4)6-5-11(12,13)14/h7H,5-6H2,1-4H3,(H,15,19)(H,17,18). The summed E-state index contributed by atoms with van der Waals surface area (Å²) >= 11 is 0. The van der Waals surface area contributed by atoms with Crippen molar-refractivity contribution in [2.24, 2.45) is 5.41 Å². The molecule has 0 aliphatic heterocycles. The Labute approximate surface area is 109 Å². The zero-order chi connectivity index (χ0) is 15.4. The van der Waals surface area contributed by atoms with Gasteiger partial charge >= 0.3 is 18.2 Å². The first-order valence-corrected chi connectivity index (χ1v) is 5.66. The molecule has 0 heterocycles. The summed E-state index contributed by atoms with van der Waals surface area (Å²) in [6.07, 6.45) is -5.49. The molecule has 0 saturated heterocycles. The maximum Gasteiger partial charge on any atom is 0.390 e. The molecular formula is C11H19F3N2O3. The van der Waals surface area contributed by atoms with Crippen LogP contribution in [0.2, 0.25) is 0 Å². The molecule has 0 aliphatic rings. The van der Waals surface area contributed by atoms with Crippen LogP contribution in [0.1, 0.15) is 27.2 Å². The lowest BCUT2D eigenvalue weighted by atomic mass is 9.87. The highest BCUT2D eigenvalue weighted by molar-refractivity contribution is 5.83. The normalized spacial score (nSPS) is 13.8. The molecule has 0 rings (SSSR count). The van der Waals surface area contributed by atoms with Gasteiger partial charge in [-0.1, -0.05) is 20.8 Å². The van der Waals surface area contributed by atoms with Crippen molar-refractivity contribution in [2.75, 3.05) is 13.6 Å². The Morgan fingerprint density at radius 3 is 2.05 bits per heavy atom. The van der Waals surface area contributed by atoms with Crippen LogP contribution in [-0.4, -0.2) is 47.8 Å². The van der Waals surface area contributed by atoms with E-state index in [-0.39, 0.29) is 0 Å². The predicted octanol–water partition coefficient (Wildman–Crippen LogP) is 2.08. The van der Waals surface area contributed by atoms with Crippen molar-refractivity contribution in [1.82, 2.24) is 10.2 Å². The fourth-order valence-corrected chi connectivity index (χ4v) is 1.28. The SMILES string of the molecule is CN(CCC(F)(F)F)C(=O)NC(C(=O)O)C(C)(C)C. The summed E-state index contributed by atoms with van der Waals surface area (Å²) in [5.41, 5.74) is -0.744. The summed E-state index contributed by atoms with van der Waals surface area (Å²) < 4.78 is 36.0. The number of aliphatic carboxylic acids is 1. The van der Waals surface area contributed by atoms with Crippen molar-refractivity contribution < 1.29 is 27.9 Å². The third kappa shape index (κ3) is 6.88. The van der Waals surface area contributed by atoms with Gasteiger partial charge in [-0.2, -0.15) is 13.2 Å². The van der Waals surface area contributed by atoms with Crippen molar-refractivity contribution in [3.8, 4) is 0 Å². The molecule has 0 aliphatic carbocycles. The van der Waals surface area contributed by atoms with E-state index in [1.54, 1.807) is 20.8 Å². The van der Waals surface area contributed by atoms with Gasteiger partial charge in [0.15, 0.2) is 0 Å². The number of amides is 2. The molecule has 112 valence electrons. The van der Waals surface area contributed by atoms with Crippen LogP contribution in [0.5, 0.6) is 0 Å². The van der Waals surface area contributed by atoms with E-state index >= 15 is 0 Å². The predicted molar refractivity (Wildman–Crippen MR) is 62.7 cm³/mol. The van der Waals surface area contributed by atoms with E-state index in [2.05, 4.69) is 5.32 Å².